The second kappa shape index (κ2) is 17.5. The van der Waals surface area contributed by atoms with Gasteiger partial charge in [-0.2, -0.15) is 0 Å². The Morgan fingerprint density at radius 3 is 1.85 bits per heavy atom. The Bertz CT molecular complexity index is 983. The molecule has 0 heterocycles. The van der Waals surface area contributed by atoms with Crippen LogP contribution >= 0.6 is 0 Å². The second-order valence-corrected chi connectivity index (χ2v) is 12.7. The van der Waals surface area contributed by atoms with E-state index in [0.29, 0.717) is 13.2 Å². The van der Waals surface area contributed by atoms with Crippen LogP contribution in [0.25, 0.3) is 0 Å². The molecule has 4 rings (SSSR count). The SMILES string of the molecule is CCCCC1CCC(C(=O)OC2CCC(CCCCc3ccc(OCCCOc4ccc(C)cc4)cc3)CC2)CC1. The van der Waals surface area contributed by atoms with Crippen LogP contribution in [0.5, 0.6) is 11.5 Å². The number of unbranched alkanes of at least 4 members (excludes halogenated alkanes) is 2. The van der Waals surface area contributed by atoms with Crippen LogP contribution in [0, 0.1) is 24.7 Å². The number of hydrogen-bond donors (Lipinski definition) is 0. The van der Waals surface area contributed by atoms with Gasteiger partial charge in [0.05, 0.1) is 19.1 Å². The van der Waals surface area contributed by atoms with E-state index in [1.165, 1.54) is 75.3 Å². The largest absolute Gasteiger partial charge is 0.493 e. The molecule has 0 amide bonds. The maximum Gasteiger partial charge on any atom is 0.309 e. The third kappa shape index (κ3) is 11.4. The summed E-state index contributed by atoms with van der Waals surface area (Å²) in [6, 6.07) is 16.8. The molecular formula is C37H54O4. The van der Waals surface area contributed by atoms with Crippen molar-refractivity contribution >= 4 is 5.97 Å². The van der Waals surface area contributed by atoms with Crippen LogP contribution < -0.4 is 9.47 Å². The predicted molar refractivity (Wildman–Crippen MR) is 168 cm³/mol. The molecular weight excluding hydrogens is 508 g/mol. The quantitative estimate of drug-likeness (QED) is 0.151. The van der Waals surface area contributed by atoms with Gasteiger partial charge < -0.3 is 14.2 Å². The Kier molecular flexibility index (Phi) is 13.4. The third-order valence-electron chi connectivity index (χ3n) is 9.32. The van der Waals surface area contributed by atoms with E-state index in [4.69, 9.17) is 14.2 Å². The lowest BCUT2D eigenvalue weighted by Gasteiger charge is -2.31. The smallest absolute Gasteiger partial charge is 0.309 e. The van der Waals surface area contributed by atoms with Crippen molar-refractivity contribution in [3.8, 4) is 11.5 Å². The first-order valence-electron chi connectivity index (χ1n) is 16.7. The highest BCUT2D eigenvalue weighted by molar-refractivity contribution is 5.72. The summed E-state index contributed by atoms with van der Waals surface area (Å²) < 4.78 is 17.7. The second-order valence-electron chi connectivity index (χ2n) is 12.7. The fraction of sp³-hybridized carbons (Fsp3) is 0.649. The minimum atomic E-state index is 0.103. The lowest BCUT2D eigenvalue weighted by Crippen LogP contribution is -2.30. The summed E-state index contributed by atoms with van der Waals surface area (Å²) in [5, 5.41) is 0. The van der Waals surface area contributed by atoms with E-state index in [9.17, 15) is 4.79 Å². The van der Waals surface area contributed by atoms with Gasteiger partial charge in [0.25, 0.3) is 0 Å². The van der Waals surface area contributed by atoms with Gasteiger partial charge in [0.1, 0.15) is 17.6 Å². The summed E-state index contributed by atoms with van der Waals surface area (Å²) in [5.41, 5.74) is 2.63. The van der Waals surface area contributed by atoms with Crippen LogP contribution in [0.2, 0.25) is 0 Å². The molecule has 2 fully saturated rings. The Morgan fingerprint density at radius 1 is 0.683 bits per heavy atom. The fourth-order valence-corrected chi connectivity index (χ4v) is 6.57. The molecule has 0 spiro atoms. The van der Waals surface area contributed by atoms with Crippen LogP contribution in [-0.4, -0.2) is 25.3 Å². The normalized spacial score (nSPS) is 22.7. The van der Waals surface area contributed by atoms with Crippen LogP contribution in [0.1, 0.15) is 114 Å². The summed E-state index contributed by atoms with van der Waals surface area (Å²) in [6.07, 6.45) is 19.0. The molecule has 4 heteroatoms. The number of esters is 1. The summed E-state index contributed by atoms with van der Waals surface area (Å²) >= 11 is 0. The van der Waals surface area contributed by atoms with Crippen molar-refractivity contribution in [1.82, 2.24) is 0 Å². The van der Waals surface area contributed by atoms with Crippen molar-refractivity contribution in [2.75, 3.05) is 13.2 Å². The highest BCUT2D eigenvalue weighted by Crippen LogP contribution is 2.35. The summed E-state index contributed by atoms with van der Waals surface area (Å²) in [6.45, 7) is 5.67. The minimum absolute atomic E-state index is 0.103. The molecule has 0 bridgehead atoms. The lowest BCUT2D eigenvalue weighted by molar-refractivity contribution is -0.157. The third-order valence-corrected chi connectivity index (χ3v) is 9.32. The van der Waals surface area contributed by atoms with Crippen molar-refractivity contribution in [1.29, 1.82) is 0 Å². The monoisotopic (exact) mass is 562 g/mol. The Balaban J connectivity index is 1.01. The number of aryl methyl sites for hydroxylation is 2. The van der Waals surface area contributed by atoms with Gasteiger partial charge in [0.15, 0.2) is 0 Å². The molecule has 2 aromatic carbocycles. The van der Waals surface area contributed by atoms with Crippen molar-refractivity contribution in [3.63, 3.8) is 0 Å². The minimum Gasteiger partial charge on any atom is -0.493 e. The van der Waals surface area contributed by atoms with Crippen molar-refractivity contribution in [2.24, 2.45) is 17.8 Å². The molecule has 0 atom stereocenters. The lowest BCUT2D eigenvalue weighted by atomic mass is 9.79. The van der Waals surface area contributed by atoms with Gasteiger partial charge in [-0.15, -0.1) is 0 Å². The number of ether oxygens (including phenoxy) is 3. The fourth-order valence-electron chi connectivity index (χ4n) is 6.57. The van der Waals surface area contributed by atoms with Gasteiger partial charge in [-0.25, -0.2) is 0 Å². The number of carbonyl (C=O) groups excluding carboxylic acids is 1. The first-order valence-corrected chi connectivity index (χ1v) is 16.7. The standard InChI is InChI=1S/C37H54O4/c1-3-4-8-30-13-19-33(20-14-30)37(38)41-36-25-17-32(18-26-36)10-6-5-9-31-15-23-35(24-16-31)40-28-7-27-39-34-21-11-29(2)12-22-34/h11-12,15-16,21-24,30,32-33,36H,3-10,13-14,17-20,25-28H2,1-2H3. The average molecular weight is 563 g/mol. The van der Waals surface area contributed by atoms with E-state index in [1.807, 2.05) is 12.1 Å². The highest BCUT2D eigenvalue weighted by atomic mass is 16.5. The molecule has 226 valence electrons. The van der Waals surface area contributed by atoms with E-state index < -0.39 is 0 Å². The molecule has 0 N–H and O–H groups in total. The summed E-state index contributed by atoms with van der Waals surface area (Å²) in [4.78, 5) is 12.7. The molecule has 0 unspecified atom stereocenters. The summed E-state index contributed by atoms with van der Waals surface area (Å²) in [5.74, 6) is 3.75. The molecule has 4 nitrogen and oxygen atoms in total. The Labute approximate surface area is 249 Å². The van der Waals surface area contributed by atoms with Crippen molar-refractivity contribution in [2.45, 2.75) is 123 Å². The van der Waals surface area contributed by atoms with Gasteiger partial charge >= 0.3 is 5.97 Å². The number of rotatable bonds is 16. The zero-order valence-corrected chi connectivity index (χ0v) is 25.8. The maximum absolute atomic E-state index is 12.7. The average Bonchev–Trinajstić information content (AvgIpc) is 3.00. The number of carbonyl (C=O) groups is 1. The van der Waals surface area contributed by atoms with Gasteiger partial charge in [-0.3, -0.25) is 4.79 Å². The molecule has 41 heavy (non-hydrogen) atoms. The molecule has 2 aliphatic carbocycles. The van der Waals surface area contributed by atoms with Gasteiger partial charge in [-0.1, -0.05) is 68.9 Å². The zero-order valence-electron chi connectivity index (χ0n) is 25.8. The molecule has 0 aliphatic heterocycles. The Morgan fingerprint density at radius 2 is 1.24 bits per heavy atom. The number of benzene rings is 2. The first kappa shape index (κ1) is 31.4. The van der Waals surface area contributed by atoms with Crippen LogP contribution in [-0.2, 0) is 16.0 Å². The Hall–Kier alpha value is -2.49. The first-order chi connectivity index (χ1) is 20.1. The van der Waals surface area contributed by atoms with Crippen LogP contribution in [0.3, 0.4) is 0 Å². The van der Waals surface area contributed by atoms with Crippen LogP contribution in [0.15, 0.2) is 48.5 Å². The molecule has 0 aromatic heterocycles. The van der Waals surface area contributed by atoms with Crippen molar-refractivity contribution in [3.05, 3.63) is 59.7 Å². The van der Waals surface area contributed by atoms with E-state index in [2.05, 4.69) is 50.2 Å². The molecule has 2 aromatic rings. The summed E-state index contributed by atoms with van der Waals surface area (Å²) in [7, 11) is 0. The topological polar surface area (TPSA) is 44.8 Å². The van der Waals surface area contributed by atoms with E-state index in [1.54, 1.807) is 0 Å². The van der Waals surface area contributed by atoms with E-state index in [-0.39, 0.29) is 18.0 Å². The van der Waals surface area contributed by atoms with Gasteiger partial charge in [0, 0.05) is 6.42 Å². The number of hydrogen-bond acceptors (Lipinski definition) is 4. The van der Waals surface area contributed by atoms with E-state index in [0.717, 1.165) is 61.9 Å². The molecule has 2 saturated carbocycles. The van der Waals surface area contributed by atoms with Crippen LogP contribution in [0.4, 0.5) is 0 Å². The van der Waals surface area contributed by atoms with E-state index >= 15 is 0 Å². The zero-order chi connectivity index (χ0) is 28.7. The molecule has 0 saturated heterocycles. The predicted octanol–water partition coefficient (Wildman–Crippen LogP) is 9.65. The van der Waals surface area contributed by atoms with Gasteiger partial charge in [-0.05, 0) is 113 Å². The highest BCUT2D eigenvalue weighted by Gasteiger charge is 2.30. The molecule has 0 radical (unpaired) electrons. The van der Waals surface area contributed by atoms with Gasteiger partial charge in [0.2, 0.25) is 0 Å². The van der Waals surface area contributed by atoms with Crippen molar-refractivity contribution < 1.29 is 19.0 Å². The molecule has 2 aliphatic rings. The maximum atomic E-state index is 12.7.